The van der Waals surface area contributed by atoms with Gasteiger partial charge in [0.1, 0.15) is 6.67 Å². The topological polar surface area (TPSA) is 26.0 Å². The average Bonchev–Trinajstić information content (AvgIpc) is 2.25. The molecule has 3 heteroatoms. The van der Waals surface area contributed by atoms with Gasteiger partial charge in [-0.2, -0.15) is 11.8 Å². The molecule has 0 aliphatic rings. The van der Waals surface area contributed by atoms with E-state index >= 15 is 0 Å². The van der Waals surface area contributed by atoms with Crippen molar-refractivity contribution in [3.8, 4) is 0 Å². The Bertz CT molecular complexity index is 240. The molecule has 0 bridgehead atoms. The van der Waals surface area contributed by atoms with Gasteiger partial charge in [0, 0.05) is 11.8 Å². The number of alkyl halides is 1. The van der Waals surface area contributed by atoms with E-state index in [2.05, 4.69) is 12.1 Å². The lowest BCUT2D eigenvalue weighted by Gasteiger charge is -2.06. The molecule has 0 aliphatic heterocycles. The minimum Gasteiger partial charge on any atom is -0.325 e. The summed E-state index contributed by atoms with van der Waals surface area (Å²) in [6, 6.07) is 9.99. The van der Waals surface area contributed by atoms with E-state index in [1.807, 2.05) is 18.2 Å². The molecule has 0 fully saturated rings. The first-order chi connectivity index (χ1) is 6.83. The molecule has 78 valence electrons. The largest absolute Gasteiger partial charge is 0.325 e. The van der Waals surface area contributed by atoms with Crippen LogP contribution in [0.25, 0.3) is 0 Å². The number of hydrogen-bond acceptors (Lipinski definition) is 2. The maximum atomic E-state index is 12.0. The van der Waals surface area contributed by atoms with E-state index in [0.717, 1.165) is 17.9 Å². The van der Waals surface area contributed by atoms with Gasteiger partial charge in [0.15, 0.2) is 0 Å². The molecule has 1 nitrogen and oxygen atoms in total. The minimum absolute atomic E-state index is 0.279. The van der Waals surface area contributed by atoms with Crippen molar-refractivity contribution in [2.45, 2.75) is 18.2 Å². The van der Waals surface area contributed by atoms with Gasteiger partial charge in [-0.25, -0.2) is 4.39 Å². The Morgan fingerprint density at radius 1 is 1.29 bits per heavy atom. The Balaban J connectivity index is 2.10. The molecule has 0 amide bonds. The van der Waals surface area contributed by atoms with Gasteiger partial charge in [0.2, 0.25) is 0 Å². The van der Waals surface area contributed by atoms with E-state index in [0.29, 0.717) is 0 Å². The Kier molecular flexibility index (Phi) is 5.64. The summed E-state index contributed by atoms with van der Waals surface area (Å²) < 4.78 is 12.0. The molecule has 0 heterocycles. The summed E-state index contributed by atoms with van der Waals surface area (Å²) in [5.41, 5.74) is 6.78. The lowest BCUT2D eigenvalue weighted by Crippen LogP contribution is -2.22. The van der Waals surface area contributed by atoms with Crippen LogP contribution in [0.3, 0.4) is 0 Å². The van der Waals surface area contributed by atoms with Crippen LogP contribution in [0.1, 0.15) is 12.0 Å². The SMILES string of the molecule is NC(CF)CCSCc1ccccc1. The third kappa shape index (κ3) is 4.63. The number of halogens is 1. The van der Waals surface area contributed by atoms with Gasteiger partial charge in [0.05, 0.1) is 0 Å². The molecule has 0 saturated carbocycles. The van der Waals surface area contributed by atoms with Crippen molar-refractivity contribution < 1.29 is 4.39 Å². The Hall–Kier alpha value is -0.540. The van der Waals surface area contributed by atoms with Gasteiger partial charge in [-0.3, -0.25) is 0 Å². The summed E-state index contributed by atoms with van der Waals surface area (Å²) in [7, 11) is 0. The second-order valence-electron chi connectivity index (χ2n) is 3.24. The smallest absolute Gasteiger partial charge is 0.105 e. The second kappa shape index (κ2) is 6.85. The van der Waals surface area contributed by atoms with Crippen LogP contribution in [0.2, 0.25) is 0 Å². The quantitative estimate of drug-likeness (QED) is 0.735. The highest BCUT2D eigenvalue weighted by atomic mass is 32.2. The van der Waals surface area contributed by atoms with E-state index < -0.39 is 6.67 Å². The van der Waals surface area contributed by atoms with Crippen LogP contribution < -0.4 is 5.73 Å². The minimum atomic E-state index is -0.411. The molecule has 0 saturated heterocycles. The lowest BCUT2D eigenvalue weighted by atomic mass is 10.2. The van der Waals surface area contributed by atoms with E-state index in [-0.39, 0.29) is 6.04 Å². The maximum Gasteiger partial charge on any atom is 0.105 e. The number of nitrogens with two attached hydrogens (primary N) is 1. The number of thioether (sulfide) groups is 1. The zero-order chi connectivity index (χ0) is 10.2. The summed E-state index contributed by atoms with van der Waals surface area (Å²) in [6.45, 7) is -0.411. The third-order valence-corrected chi connectivity index (χ3v) is 3.00. The molecular weight excluding hydrogens is 197 g/mol. The molecule has 14 heavy (non-hydrogen) atoms. The fourth-order valence-electron chi connectivity index (χ4n) is 1.08. The lowest BCUT2D eigenvalue weighted by molar-refractivity contribution is 0.423. The molecule has 1 unspecified atom stereocenters. The van der Waals surface area contributed by atoms with Gasteiger partial charge < -0.3 is 5.73 Å². The maximum absolute atomic E-state index is 12.0. The van der Waals surface area contributed by atoms with Crippen LogP contribution in [-0.2, 0) is 5.75 Å². The van der Waals surface area contributed by atoms with Crippen LogP contribution in [0, 0.1) is 0 Å². The van der Waals surface area contributed by atoms with E-state index in [4.69, 9.17) is 5.73 Å². The molecular formula is C11H16FNS. The summed E-state index contributed by atoms with van der Waals surface area (Å²) in [5.74, 6) is 1.92. The molecule has 1 atom stereocenters. The number of rotatable bonds is 6. The van der Waals surface area contributed by atoms with Gasteiger partial charge >= 0.3 is 0 Å². The van der Waals surface area contributed by atoms with Gasteiger partial charge in [-0.1, -0.05) is 30.3 Å². The predicted octanol–water partition coefficient (Wildman–Crippen LogP) is 2.61. The molecule has 0 aliphatic carbocycles. The van der Waals surface area contributed by atoms with Crippen LogP contribution in [0.15, 0.2) is 30.3 Å². The van der Waals surface area contributed by atoms with Crippen molar-refractivity contribution in [2.75, 3.05) is 12.4 Å². The first kappa shape index (κ1) is 11.5. The molecule has 0 aromatic heterocycles. The first-order valence-electron chi connectivity index (χ1n) is 4.76. The summed E-state index contributed by atoms with van der Waals surface area (Å²) >= 11 is 1.80. The summed E-state index contributed by atoms with van der Waals surface area (Å²) in [4.78, 5) is 0. The van der Waals surface area contributed by atoms with Gasteiger partial charge in [-0.15, -0.1) is 0 Å². The van der Waals surface area contributed by atoms with Crippen LogP contribution in [0.4, 0.5) is 4.39 Å². The highest BCUT2D eigenvalue weighted by Crippen LogP contribution is 2.13. The first-order valence-corrected chi connectivity index (χ1v) is 5.91. The fourth-order valence-corrected chi connectivity index (χ4v) is 2.12. The molecule has 1 rings (SSSR count). The molecule has 1 aromatic carbocycles. The van der Waals surface area contributed by atoms with E-state index in [1.165, 1.54) is 5.56 Å². The van der Waals surface area contributed by atoms with E-state index in [9.17, 15) is 4.39 Å². The highest BCUT2D eigenvalue weighted by molar-refractivity contribution is 7.98. The van der Waals surface area contributed by atoms with Crippen LogP contribution >= 0.6 is 11.8 Å². The molecule has 2 N–H and O–H groups in total. The second-order valence-corrected chi connectivity index (χ2v) is 4.35. The predicted molar refractivity (Wildman–Crippen MR) is 61.2 cm³/mol. The Morgan fingerprint density at radius 3 is 2.64 bits per heavy atom. The van der Waals surface area contributed by atoms with Crippen LogP contribution in [0.5, 0.6) is 0 Å². The monoisotopic (exact) mass is 213 g/mol. The van der Waals surface area contributed by atoms with Crippen molar-refractivity contribution in [3.63, 3.8) is 0 Å². The van der Waals surface area contributed by atoms with E-state index in [1.54, 1.807) is 11.8 Å². The number of benzene rings is 1. The number of hydrogen-bond donors (Lipinski definition) is 1. The summed E-state index contributed by atoms with van der Waals surface area (Å²) in [5, 5.41) is 0. The Morgan fingerprint density at radius 2 is 2.00 bits per heavy atom. The normalized spacial score (nSPS) is 12.7. The third-order valence-electron chi connectivity index (χ3n) is 1.94. The van der Waals surface area contributed by atoms with Crippen molar-refractivity contribution in [2.24, 2.45) is 5.73 Å². The molecule has 0 spiro atoms. The van der Waals surface area contributed by atoms with Gasteiger partial charge in [0.25, 0.3) is 0 Å². The van der Waals surface area contributed by atoms with Crippen molar-refractivity contribution in [1.82, 2.24) is 0 Å². The highest BCUT2D eigenvalue weighted by Gasteiger charge is 2.00. The Labute approximate surface area is 88.9 Å². The summed E-state index contributed by atoms with van der Waals surface area (Å²) in [6.07, 6.45) is 0.758. The average molecular weight is 213 g/mol. The van der Waals surface area contributed by atoms with Crippen molar-refractivity contribution in [3.05, 3.63) is 35.9 Å². The zero-order valence-corrected chi connectivity index (χ0v) is 8.97. The standard InChI is InChI=1S/C11H16FNS/c12-8-11(13)6-7-14-9-10-4-2-1-3-5-10/h1-5,11H,6-9,13H2. The zero-order valence-electron chi connectivity index (χ0n) is 8.16. The van der Waals surface area contributed by atoms with Crippen molar-refractivity contribution in [1.29, 1.82) is 0 Å². The van der Waals surface area contributed by atoms with Gasteiger partial charge in [-0.05, 0) is 17.7 Å². The van der Waals surface area contributed by atoms with Crippen molar-refractivity contribution >= 4 is 11.8 Å². The fraction of sp³-hybridized carbons (Fsp3) is 0.455. The molecule has 1 aromatic rings. The van der Waals surface area contributed by atoms with Crippen LogP contribution in [-0.4, -0.2) is 18.5 Å². The molecule has 0 radical (unpaired) electrons.